The van der Waals surface area contributed by atoms with Crippen LogP contribution in [-0.4, -0.2) is 81.9 Å². The number of anilines is 3. The van der Waals surface area contributed by atoms with Crippen molar-refractivity contribution in [2.45, 2.75) is 114 Å². The molecule has 376 valence electrons. The van der Waals surface area contributed by atoms with Crippen LogP contribution in [0.25, 0.3) is 11.0 Å². The average Bonchev–Trinajstić information content (AvgIpc) is 3.95. The third kappa shape index (κ3) is 14.5. The lowest BCUT2D eigenvalue weighted by molar-refractivity contribution is -0.147. The maximum absolute atomic E-state index is 14.5. The quantitative estimate of drug-likeness (QED) is 0.0268. The van der Waals surface area contributed by atoms with E-state index < -0.39 is 61.3 Å². The molecule has 0 radical (unpaired) electrons. The van der Waals surface area contributed by atoms with E-state index in [1.165, 1.54) is 79.5 Å². The number of ether oxygens (including phenoxy) is 2. The summed E-state index contributed by atoms with van der Waals surface area (Å²) in [5.74, 6) is -2.94. The lowest BCUT2D eigenvalue weighted by atomic mass is 10.1. The van der Waals surface area contributed by atoms with Crippen molar-refractivity contribution in [3.05, 3.63) is 100 Å². The number of sulfonamides is 2. The number of nitrogens with zero attached hydrogens (tertiary/aromatic N) is 4. The van der Waals surface area contributed by atoms with E-state index in [1.807, 2.05) is 26.0 Å². The van der Waals surface area contributed by atoms with Gasteiger partial charge in [0.2, 0.25) is 16.1 Å². The Labute approximate surface area is 419 Å². The number of benzene rings is 4. The second kappa shape index (κ2) is 25.0. The van der Waals surface area contributed by atoms with Gasteiger partial charge < -0.3 is 19.7 Å². The Hall–Kier alpha value is -5.60. The molecule has 2 amide bonds. The van der Waals surface area contributed by atoms with Gasteiger partial charge in [0.05, 0.1) is 43.4 Å². The van der Waals surface area contributed by atoms with Gasteiger partial charge in [-0.2, -0.15) is 15.0 Å². The maximum Gasteiger partial charge on any atom is 0.344 e. The first-order valence-corrected chi connectivity index (χ1v) is 27.2. The number of rotatable bonds is 26. The summed E-state index contributed by atoms with van der Waals surface area (Å²) < 4.78 is 69.5. The highest BCUT2D eigenvalue weighted by atomic mass is 35.5. The number of hydrogen-bond acceptors (Lipinski definition) is 12. The molecule has 1 aliphatic rings. The summed E-state index contributed by atoms with van der Waals surface area (Å²) in [6.45, 7) is 6.17. The number of unbranched alkanes of at least 4 members (excludes halogenated alkanes) is 9. The van der Waals surface area contributed by atoms with E-state index >= 15 is 0 Å². The SMILES string of the molecule is CCCCCCCCCCCCNS(=O)(=O)c1ccc(Cl)c(NS(=O)(=O)c2ccc(Cl)c(NC(=O)C(C(=O)N3CCc4ccccc43)n3nc4ccc(C(=O)OCC(=O)OCCC(C)C)cc4n3)c2)c1. The number of amides is 2. The summed E-state index contributed by atoms with van der Waals surface area (Å²) in [5, 5.41) is 11.3. The normalized spacial score (nSPS) is 13.0. The van der Waals surface area contributed by atoms with E-state index in [2.05, 4.69) is 31.9 Å². The van der Waals surface area contributed by atoms with Crippen molar-refractivity contribution in [3.8, 4) is 0 Å². The molecule has 0 spiro atoms. The number of carbonyl (C=O) groups is 4. The number of halogens is 2. The van der Waals surface area contributed by atoms with Crippen LogP contribution in [0.2, 0.25) is 10.0 Å². The van der Waals surface area contributed by atoms with Crippen molar-refractivity contribution < 1.29 is 45.5 Å². The van der Waals surface area contributed by atoms with Crippen LogP contribution in [0.3, 0.4) is 0 Å². The number of aromatic nitrogens is 3. The zero-order valence-corrected chi connectivity index (χ0v) is 42.6. The molecule has 5 aromatic rings. The topological polar surface area (TPSA) is 225 Å². The Balaban J connectivity index is 1.17. The van der Waals surface area contributed by atoms with Gasteiger partial charge in [0.1, 0.15) is 11.0 Å². The molecule has 3 N–H and O–H groups in total. The highest BCUT2D eigenvalue weighted by Gasteiger charge is 2.38. The number of carbonyl (C=O) groups excluding carboxylic acids is 4. The summed E-state index contributed by atoms with van der Waals surface area (Å²) in [6.07, 6.45) is 12.1. The van der Waals surface area contributed by atoms with Crippen LogP contribution in [0.1, 0.15) is 113 Å². The lowest BCUT2D eigenvalue weighted by Crippen LogP contribution is -2.43. The number of fused-ring (bicyclic) bond motifs is 2. The molecule has 0 saturated carbocycles. The number of esters is 2. The second-order valence-electron chi connectivity index (χ2n) is 17.4. The average molecular weight is 1040 g/mol. The first-order valence-electron chi connectivity index (χ1n) is 23.5. The molecule has 1 aliphatic heterocycles. The van der Waals surface area contributed by atoms with Gasteiger partial charge in [-0.05, 0) is 91.4 Å². The zero-order chi connectivity index (χ0) is 50.4. The number of para-hydroxylation sites is 1. The largest absolute Gasteiger partial charge is 0.463 e. The molecule has 70 heavy (non-hydrogen) atoms. The van der Waals surface area contributed by atoms with Crippen LogP contribution < -0.4 is 19.7 Å². The van der Waals surface area contributed by atoms with Gasteiger partial charge >= 0.3 is 11.9 Å². The predicted octanol–water partition coefficient (Wildman–Crippen LogP) is 9.25. The third-order valence-electron chi connectivity index (χ3n) is 11.6. The van der Waals surface area contributed by atoms with Gasteiger partial charge in [-0.25, -0.2) is 31.1 Å². The molecule has 6 rings (SSSR count). The van der Waals surface area contributed by atoms with Crippen molar-refractivity contribution in [2.75, 3.05) is 41.2 Å². The van der Waals surface area contributed by atoms with E-state index in [-0.39, 0.29) is 62.6 Å². The molecular weight excluding hydrogens is 982 g/mol. The molecule has 2 heterocycles. The Bertz CT molecular complexity index is 2900. The van der Waals surface area contributed by atoms with Crippen LogP contribution in [0, 0.1) is 5.92 Å². The van der Waals surface area contributed by atoms with Crippen LogP contribution in [0.15, 0.2) is 88.7 Å². The Morgan fingerprint density at radius 1 is 0.729 bits per heavy atom. The van der Waals surface area contributed by atoms with Gasteiger partial charge in [0.25, 0.3) is 21.8 Å². The van der Waals surface area contributed by atoms with Gasteiger partial charge in [0.15, 0.2) is 6.61 Å². The minimum absolute atomic E-state index is 0.0136. The monoisotopic (exact) mass is 1040 g/mol. The minimum atomic E-state index is -4.52. The first-order chi connectivity index (χ1) is 33.5. The van der Waals surface area contributed by atoms with Crippen LogP contribution in [0.5, 0.6) is 0 Å². The summed E-state index contributed by atoms with van der Waals surface area (Å²) in [7, 11) is -8.55. The summed E-state index contributed by atoms with van der Waals surface area (Å²) in [5.41, 5.74) is 1.36. The van der Waals surface area contributed by atoms with Gasteiger partial charge in [-0.15, -0.1) is 0 Å². The molecule has 1 aromatic heterocycles. The van der Waals surface area contributed by atoms with E-state index in [1.54, 1.807) is 12.1 Å². The van der Waals surface area contributed by atoms with E-state index in [0.29, 0.717) is 30.9 Å². The Kier molecular flexibility index (Phi) is 19.2. The highest BCUT2D eigenvalue weighted by molar-refractivity contribution is 7.92. The van der Waals surface area contributed by atoms with Crippen molar-refractivity contribution in [3.63, 3.8) is 0 Å². The van der Waals surface area contributed by atoms with E-state index in [9.17, 15) is 36.0 Å². The van der Waals surface area contributed by atoms with Gasteiger partial charge in [-0.3, -0.25) is 14.3 Å². The van der Waals surface area contributed by atoms with Crippen molar-refractivity contribution >= 4 is 95.1 Å². The fraction of sp³-hybridized carbons (Fsp3) is 0.429. The Morgan fingerprint density at radius 3 is 2.06 bits per heavy atom. The molecule has 17 nitrogen and oxygen atoms in total. The Morgan fingerprint density at radius 2 is 1.36 bits per heavy atom. The second-order valence-corrected chi connectivity index (χ2v) is 21.7. The fourth-order valence-corrected chi connectivity index (χ4v) is 10.3. The molecule has 1 atom stereocenters. The van der Waals surface area contributed by atoms with Crippen molar-refractivity contribution in [1.82, 2.24) is 19.7 Å². The van der Waals surface area contributed by atoms with E-state index in [4.69, 9.17) is 32.7 Å². The smallest absolute Gasteiger partial charge is 0.344 e. The summed E-state index contributed by atoms with van der Waals surface area (Å²) >= 11 is 12.9. The van der Waals surface area contributed by atoms with Gasteiger partial charge in [-0.1, -0.05) is 120 Å². The number of nitrogens with one attached hydrogen (secondary N) is 3. The zero-order valence-electron chi connectivity index (χ0n) is 39.4. The molecule has 0 saturated heterocycles. The molecular formula is C49H59Cl2N7O10S2. The van der Waals surface area contributed by atoms with Gasteiger partial charge in [0, 0.05) is 18.8 Å². The van der Waals surface area contributed by atoms with Crippen LogP contribution in [0.4, 0.5) is 17.1 Å². The molecule has 0 bridgehead atoms. The molecule has 4 aromatic carbocycles. The van der Waals surface area contributed by atoms with E-state index in [0.717, 1.165) is 48.2 Å². The summed E-state index contributed by atoms with van der Waals surface area (Å²) in [4.78, 5) is 55.7. The lowest BCUT2D eigenvalue weighted by Gasteiger charge is -2.23. The van der Waals surface area contributed by atoms with Crippen molar-refractivity contribution in [2.24, 2.45) is 5.92 Å². The van der Waals surface area contributed by atoms with Crippen LogP contribution in [-0.2, 0) is 50.3 Å². The minimum Gasteiger partial charge on any atom is -0.463 e. The standard InChI is InChI=1S/C49H59Cl2N7O10S2/c1-4-5-6-7-8-9-10-11-12-15-26-52-69(63,64)36-19-22-39(51)42(31-36)56-70(65,66)37-20-21-38(50)41(30-37)53-47(60)46(48(61)57-27-24-34-16-13-14-17-44(34)57)58-54-40-23-18-35(29-43(40)55-58)49(62)68-32-45(59)67-28-25-33(2)3/h13-14,16-23,29-31,33,46,52,56H,4-12,15,24-28,32H2,1-3H3,(H,53,60). The van der Waals surface area contributed by atoms with Crippen LogP contribution >= 0.6 is 23.2 Å². The predicted molar refractivity (Wildman–Crippen MR) is 269 cm³/mol. The molecule has 21 heteroatoms. The number of hydrogen-bond donors (Lipinski definition) is 3. The summed E-state index contributed by atoms with van der Waals surface area (Å²) in [6, 6.07) is 16.7. The molecule has 0 fully saturated rings. The molecule has 0 aliphatic carbocycles. The third-order valence-corrected chi connectivity index (χ3v) is 15.1. The molecule has 1 unspecified atom stereocenters. The fourth-order valence-electron chi connectivity index (χ4n) is 7.69. The highest BCUT2D eigenvalue weighted by Crippen LogP contribution is 2.33. The maximum atomic E-state index is 14.5. The van der Waals surface area contributed by atoms with Crippen molar-refractivity contribution in [1.29, 1.82) is 0 Å². The first kappa shape index (κ1) is 53.7.